The lowest BCUT2D eigenvalue weighted by molar-refractivity contribution is -0.140. The van der Waals surface area contributed by atoms with E-state index in [9.17, 15) is 30.7 Å². The third kappa shape index (κ3) is 4.18. The first-order valence-electron chi connectivity index (χ1n) is 6.10. The van der Waals surface area contributed by atoms with Crippen molar-refractivity contribution < 1.29 is 30.7 Å². The third-order valence-corrected chi connectivity index (χ3v) is 4.08. The zero-order chi connectivity index (χ0) is 17.4. The van der Waals surface area contributed by atoms with E-state index in [2.05, 4.69) is 5.10 Å². The molecule has 0 bridgehead atoms. The summed E-state index contributed by atoms with van der Waals surface area (Å²) in [7, 11) is 0. The van der Waals surface area contributed by atoms with Gasteiger partial charge in [-0.05, 0) is 24.6 Å². The highest BCUT2D eigenvalue weighted by atomic mass is 32.2. The highest BCUT2D eigenvalue weighted by Crippen LogP contribution is 2.39. The van der Waals surface area contributed by atoms with E-state index in [1.807, 2.05) is 5.10 Å². The average molecular weight is 358 g/mol. The molecule has 0 aliphatic heterocycles. The van der Waals surface area contributed by atoms with Crippen LogP contribution in [-0.4, -0.2) is 22.1 Å². The van der Waals surface area contributed by atoms with Gasteiger partial charge in [0.1, 0.15) is 5.82 Å². The summed E-state index contributed by atoms with van der Waals surface area (Å²) in [6.07, 6.45) is -8.40. The van der Waals surface area contributed by atoms with Crippen molar-refractivity contribution >= 4 is 11.8 Å². The van der Waals surface area contributed by atoms with E-state index >= 15 is 0 Å². The van der Waals surface area contributed by atoms with E-state index < -0.39 is 40.7 Å². The lowest BCUT2D eigenvalue weighted by atomic mass is 10.0. The largest absolute Gasteiger partial charge is 0.435 e. The Kier molecular flexibility index (Phi) is 4.65. The van der Waals surface area contributed by atoms with Crippen molar-refractivity contribution in [3.8, 4) is 11.1 Å². The number of aromatic nitrogens is 2. The number of hydrogen-bond acceptors (Lipinski definition) is 2. The second-order valence-corrected chi connectivity index (χ2v) is 5.66. The Morgan fingerprint density at radius 3 is 2.30 bits per heavy atom. The number of aromatic amines is 1. The van der Waals surface area contributed by atoms with Crippen LogP contribution in [0.5, 0.6) is 0 Å². The summed E-state index contributed by atoms with van der Waals surface area (Å²) in [4.78, 5) is 0.0491. The van der Waals surface area contributed by atoms with E-state index in [-0.39, 0.29) is 10.5 Å². The smallest absolute Gasteiger partial charge is 0.284 e. The first kappa shape index (κ1) is 17.6. The van der Waals surface area contributed by atoms with E-state index in [4.69, 9.17) is 0 Å². The highest BCUT2D eigenvalue weighted by Gasteiger charge is 2.37. The molecule has 10 heteroatoms. The fraction of sp³-hybridized carbons (Fsp3) is 0.308. The van der Waals surface area contributed by atoms with Crippen molar-refractivity contribution in [1.29, 1.82) is 0 Å². The molecule has 2 aromatic rings. The number of nitrogens with zero attached hydrogens (tertiary/aromatic N) is 1. The Labute approximate surface area is 130 Å². The average Bonchev–Trinajstić information content (AvgIpc) is 2.85. The molecule has 2 nitrogen and oxygen atoms in total. The molecule has 1 aromatic carbocycles. The Hall–Kier alpha value is -1.71. The number of benzene rings is 1. The molecule has 0 fully saturated rings. The molecule has 1 N–H and O–H groups in total. The molecule has 0 atom stereocenters. The third-order valence-electron chi connectivity index (χ3n) is 2.85. The van der Waals surface area contributed by atoms with E-state index in [1.165, 1.54) is 6.92 Å². The Morgan fingerprint density at radius 2 is 1.74 bits per heavy atom. The van der Waals surface area contributed by atoms with Crippen molar-refractivity contribution in [1.82, 2.24) is 10.2 Å². The number of nitrogens with one attached hydrogen (secondary N) is 1. The SMILES string of the molecule is Cc1cc(F)c(-c2c[nH]nc2C(F)(F)F)cc1SCC(F)(F)F. The fourth-order valence-corrected chi connectivity index (χ4v) is 2.69. The summed E-state index contributed by atoms with van der Waals surface area (Å²) >= 11 is 0.384. The monoisotopic (exact) mass is 358 g/mol. The Balaban J connectivity index is 2.46. The molecule has 0 unspecified atom stereocenters. The van der Waals surface area contributed by atoms with Gasteiger partial charge in [0.15, 0.2) is 5.69 Å². The van der Waals surface area contributed by atoms with Gasteiger partial charge in [-0.1, -0.05) is 0 Å². The summed E-state index contributed by atoms with van der Waals surface area (Å²) in [6.45, 7) is 1.38. The Bertz CT molecular complexity index is 703. The molecule has 23 heavy (non-hydrogen) atoms. The number of halogens is 7. The molecule has 0 amide bonds. The predicted octanol–water partition coefficient (Wildman–Crippen LogP) is 5.20. The first-order chi connectivity index (χ1) is 10.5. The second-order valence-electron chi connectivity index (χ2n) is 4.65. The van der Waals surface area contributed by atoms with E-state index in [1.54, 1.807) is 0 Å². The van der Waals surface area contributed by atoms with Gasteiger partial charge in [0.05, 0.1) is 5.75 Å². The lowest BCUT2D eigenvalue weighted by Gasteiger charge is -2.12. The molecule has 2 rings (SSSR count). The van der Waals surface area contributed by atoms with Gasteiger partial charge >= 0.3 is 12.4 Å². The van der Waals surface area contributed by atoms with Gasteiger partial charge in [-0.15, -0.1) is 11.8 Å². The summed E-state index contributed by atoms with van der Waals surface area (Å²) < 4.78 is 89.3. The van der Waals surface area contributed by atoms with Crippen LogP contribution in [0.1, 0.15) is 11.3 Å². The minimum Gasteiger partial charge on any atom is -0.284 e. The lowest BCUT2D eigenvalue weighted by Crippen LogP contribution is -2.11. The van der Waals surface area contributed by atoms with Crippen LogP contribution in [0.15, 0.2) is 23.2 Å². The van der Waals surface area contributed by atoms with Crippen LogP contribution in [-0.2, 0) is 6.18 Å². The van der Waals surface area contributed by atoms with Crippen molar-refractivity contribution in [3.05, 3.63) is 35.4 Å². The van der Waals surface area contributed by atoms with Gasteiger partial charge in [-0.3, -0.25) is 5.10 Å². The molecule has 126 valence electrons. The molecule has 0 saturated heterocycles. The molecule has 1 aromatic heterocycles. The molecule has 0 saturated carbocycles. The van der Waals surface area contributed by atoms with Crippen LogP contribution in [0.2, 0.25) is 0 Å². The van der Waals surface area contributed by atoms with Gasteiger partial charge in [-0.25, -0.2) is 4.39 Å². The van der Waals surface area contributed by atoms with Gasteiger partial charge in [0, 0.05) is 22.2 Å². The summed E-state index contributed by atoms with van der Waals surface area (Å²) in [5.74, 6) is -2.19. The molecular formula is C13H9F7N2S. The van der Waals surface area contributed by atoms with E-state index in [0.29, 0.717) is 11.8 Å². The molecule has 0 spiro atoms. The van der Waals surface area contributed by atoms with Crippen molar-refractivity contribution in [2.75, 3.05) is 5.75 Å². The maximum Gasteiger partial charge on any atom is 0.435 e. The van der Waals surface area contributed by atoms with Crippen LogP contribution in [0.25, 0.3) is 11.1 Å². The van der Waals surface area contributed by atoms with Gasteiger partial charge < -0.3 is 0 Å². The number of rotatable bonds is 3. The second kappa shape index (κ2) is 6.06. The molecular weight excluding hydrogens is 349 g/mol. The molecule has 1 heterocycles. The maximum atomic E-state index is 14.0. The summed E-state index contributed by atoms with van der Waals surface area (Å²) in [5, 5.41) is 5.04. The number of alkyl halides is 6. The van der Waals surface area contributed by atoms with Crippen LogP contribution >= 0.6 is 11.8 Å². The van der Waals surface area contributed by atoms with E-state index in [0.717, 1.165) is 18.3 Å². The first-order valence-corrected chi connectivity index (χ1v) is 7.08. The van der Waals surface area contributed by atoms with Crippen LogP contribution in [0.3, 0.4) is 0 Å². The van der Waals surface area contributed by atoms with Gasteiger partial charge in [-0.2, -0.15) is 31.4 Å². The van der Waals surface area contributed by atoms with Gasteiger partial charge in [0.2, 0.25) is 0 Å². The minimum absolute atomic E-state index is 0.0491. The summed E-state index contributed by atoms with van der Waals surface area (Å²) in [6, 6.07) is 1.88. The minimum atomic E-state index is -4.81. The zero-order valence-corrected chi connectivity index (χ0v) is 12.3. The summed E-state index contributed by atoms with van der Waals surface area (Å²) in [5.41, 5.74) is -2.13. The number of H-pyrrole nitrogens is 1. The molecule has 0 aliphatic carbocycles. The number of hydrogen-bond donors (Lipinski definition) is 1. The molecule has 0 radical (unpaired) electrons. The standard InChI is InChI=1S/C13H9F7N2S/c1-6-2-9(14)7(3-10(6)23-5-12(15,16)17)8-4-21-22-11(8)13(18,19)20/h2-4H,5H2,1H3,(H,21,22). The van der Waals surface area contributed by atoms with Crippen molar-refractivity contribution in [2.45, 2.75) is 24.2 Å². The van der Waals surface area contributed by atoms with Crippen LogP contribution in [0.4, 0.5) is 30.7 Å². The van der Waals surface area contributed by atoms with Crippen molar-refractivity contribution in [2.24, 2.45) is 0 Å². The quantitative estimate of drug-likeness (QED) is 0.604. The maximum absolute atomic E-state index is 14.0. The topological polar surface area (TPSA) is 28.7 Å². The number of aryl methyl sites for hydroxylation is 1. The zero-order valence-electron chi connectivity index (χ0n) is 11.4. The molecule has 0 aliphatic rings. The highest BCUT2D eigenvalue weighted by molar-refractivity contribution is 7.99. The Morgan fingerprint density at radius 1 is 1.09 bits per heavy atom. The van der Waals surface area contributed by atoms with Crippen LogP contribution in [0, 0.1) is 12.7 Å². The van der Waals surface area contributed by atoms with Crippen LogP contribution < -0.4 is 0 Å². The normalized spacial score (nSPS) is 12.7. The van der Waals surface area contributed by atoms with Gasteiger partial charge in [0.25, 0.3) is 0 Å². The number of thioether (sulfide) groups is 1. The predicted molar refractivity (Wildman–Crippen MR) is 70.5 cm³/mol. The fourth-order valence-electron chi connectivity index (χ4n) is 1.89. The van der Waals surface area contributed by atoms with Crippen molar-refractivity contribution in [3.63, 3.8) is 0 Å².